The summed E-state index contributed by atoms with van der Waals surface area (Å²) in [4.78, 5) is 42.9. The number of urea groups is 1. The lowest BCUT2D eigenvalue weighted by Crippen LogP contribution is -2.49. The molecule has 6 rings (SSSR count). The number of amides is 3. The number of nitrogens with one attached hydrogen (secondary N) is 1. The Morgan fingerprint density at radius 2 is 1.47 bits per heavy atom. The number of carbonyl (C=O) groups excluding carboxylic acids is 2. The fourth-order valence-electron chi connectivity index (χ4n) is 6.31. The molecule has 0 saturated carbocycles. The third kappa shape index (κ3) is 7.18. The summed E-state index contributed by atoms with van der Waals surface area (Å²) in [6.07, 6.45) is 5.89. The third-order valence-corrected chi connectivity index (χ3v) is 8.67. The molecule has 0 bridgehead atoms. The number of methoxy groups -OCH3 is 1. The van der Waals surface area contributed by atoms with Gasteiger partial charge in [0.1, 0.15) is 12.9 Å². The first-order chi connectivity index (χ1) is 21.1. The van der Waals surface area contributed by atoms with E-state index in [0.717, 1.165) is 67.0 Å². The van der Waals surface area contributed by atoms with Gasteiger partial charge in [-0.25, -0.2) is 14.8 Å². The number of benzene rings is 2. The Hall–Kier alpha value is -3.92. The predicted octanol–water partition coefficient (Wildman–Crippen LogP) is 4.96. The summed E-state index contributed by atoms with van der Waals surface area (Å²) in [6, 6.07) is 14.6. The van der Waals surface area contributed by atoms with Crippen LogP contribution in [0.25, 0.3) is 10.9 Å². The van der Waals surface area contributed by atoms with Crippen LogP contribution in [0, 0.1) is 0 Å². The molecule has 43 heavy (non-hydrogen) atoms. The molecule has 0 aliphatic carbocycles. The maximum absolute atomic E-state index is 13.0. The molecular formula is C33H45N7O3. The number of hydrogen-bond donors (Lipinski definition) is 1. The van der Waals surface area contributed by atoms with E-state index in [1.54, 1.807) is 13.4 Å². The molecule has 3 aromatic rings. The molecule has 1 aromatic heterocycles. The van der Waals surface area contributed by atoms with Gasteiger partial charge in [-0.2, -0.15) is 0 Å². The van der Waals surface area contributed by atoms with Crippen molar-refractivity contribution < 1.29 is 14.3 Å². The van der Waals surface area contributed by atoms with Crippen molar-refractivity contribution in [3.8, 4) is 0 Å². The third-order valence-electron chi connectivity index (χ3n) is 8.67. The molecule has 0 radical (unpaired) electrons. The molecular weight excluding hydrogens is 542 g/mol. The van der Waals surface area contributed by atoms with E-state index in [2.05, 4.69) is 50.4 Å². The molecule has 3 amide bonds. The number of carbonyl (C=O) groups is 2. The summed E-state index contributed by atoms with van der Waals surface area (Å²) >= 11 is 0. The summed E-state index contributed by atoms with van der Waals surface area (Å²) in [6.45, 7) is 10.7. The highest BCUT2D eigenvalue weighted by atomic mass is 16.5. The number of aromatic nitrogens is 2. The van der Waals surface area contributed by atoms with Crippen molar-refractivity contribution in [2.24, 2.45) is 0 Å². The fourth-order valence-corrected chi connectivity index (χ4v) is 6.31. The molecule has 3 saturated heterocycles. The van der Waals surface area contributed by atoms with Crippen LogP contribution in [0.3, 0.4) is 0 Å². The lowest BCUT2D eigenvalue weighted by atomic mass is 9.91. The minimum absolute atomic E-state index is 0.0400. The number of piperazine rings is 1. The van der Waals surface area contributed by atoms with Crippen LogP contribution in [-0.2, 0) is 9.53 Å². The average molecular weight is 588 g/mol. The van der Waals surface area contributed by atoms with Crippen LogP contribution in [0.1, 0.15) is 51.1 Å². The summed E-state index contributed by atoms with van der Waals surface area (Å²) < 4.78 is 4.99. The lowest BCUT2D eigenvalue weighted by molar-refractivity contribution is -0.135. The van der Waals surface area contributed by atoms with Gasteiger partial charge in [0.25, 0.3) is 0 Å². The monoisotopic (exact) mass is 587 g/mol. The van der Waals surface area contributed by atoms with Crippen molar-refractivity contribution >= 4 is 39.9 Å². The highest BCUT2D eigenvalue weighted by Gasteiger charge is 2.27. The van der Waals surface area contributed by atoms with Crippen LogP contribution < -0.4 is 15.1 Å². The molecule has 10 heteroatoms. The molecule has 10 nitrogen and oxygen atoms in total. The minimum Gasteiger partial charge on any atom is -0.375 e. The van der Waals surface area contributed by atoms with E-state index in [1.165, 1.54) is 18.5 Å². The Labute approximate surface area is 255 Å². The summed E-state index contributed by atoms with van der Waals surface area (Å²) in [5.74, 6) is 0.323. The van der Waals surface area contributed by atoms with Crippen molar-refractivity contribution in [1.29, 1.82) is 0 Å². The van der Waals surface area contributed by atoms with Gasteiger partial charge in [-0.15, -0.1) is 0 Å². The maximum atomic E-state index is 13.0. The Bertz CT molecular complexity index is 1360. The SMILES string of the molecule is CC.COCC(=O)N1CCN(c2ccc3c(C4CCN(C(=O)Nc5ccc(N6CCCC6)cc5)CC4)ncnc3c2)CC1. The smallest absolute Gasteiger partial charge is 0.321 e. The van der Waals surface area contributed by atoms with Crippen molar-refractivity contribution in [3.63, 3.8) is 0 Å². The number of hydrogen-bond acceptors (Lipinski definition) is 7. The molecule has 230 valence electrons. The molecule has 0 unspecified atom stereocenters. The van der Waals surface area contributed by atoms with Crippen molar-refractivity contribution in [2.75, 3.05) is 81.2 Å². The van der Waals surface area contributed by atoms with E-state index in [9.17, 15) is 9.59 Å². The minimum atomic E-state index is -0.0430. The summed E-state index contributed by atoms with van der Waals surface area (Å²) in [5.41, 5.74) is 5.17. The van der Waals surface area contributed by atoms with Gasteiger partial charge in [-0.05, 0) is 68.1 Å². The lowest BCUT2D eigenvalue weighted by Gasteiger charge is -2.36. The van der Waals surface area contributed by atoms with E-state index in [4.69, 9.17) is 9.72 Å². The number of likely N-dealkylation sites (tertiary alicyclic amines) is 1. The van der Waals surface area contributed by atoms with Gasteiger partial charge in [-0.3, -0.25) is 4.79 Å². The molecule has 2 aromatic carbocycles. The van der Waals surface area contributed by atoms with E-state index in [0.29, 0.717) is 26.2 Å². The van der Waals surface area contributed by atoms with Gasteiger partial charge < -0.3 is 29.7 Å². The standard InChI is InChI=1S/C31H39N7O3.C2H6/c1-41-21-29(39)37-18-16-36(17-19-37)26-8-9-27-28(20-26)32-22-33-30(27)23-10-14-38(15-11-23)31(40)34-24-4-6-25(7-5-24)35-12-2-3-13-35;1-2/h4-9,20,22-23H,2-3,10-19,21H2,1H3,(H,34,40);1-2H3. The van der Waals surface area contributed by atoms with Crippen LogP contribution in [0.4, 0.5) is 21.9 Å². The van der Waals surface area contributed by atoms with Gasteiger partial charge in [0.15, 0.2) is 0 Å². The van der Waals surface area contributed by atoms with Gasteiger partial charge in [-0.1, -0.05) is 13.8 Å². The topological polar surface area (TPSA) is 94.1 Å². The number of fused-ring (bicyclic) bond motifs is 1. The molecule has 0 atom stereocenters. The van der Waals surface area contributed by atoms with E-state index in [-0.39, 0.29) is 24.5 Å². The van der Waals surface area contributed by atoms with Crippen LogP contribution in [-0.4, -0.2) is 97.8 Å². The Kier molecular flexibility index (Phi) is 10.3. The molecule has 0 spiro atoms. The van der Waals surface area contributed by atoms with Crippen LogP contribution >= 0.6 is 0 Å². The van der Waals surface area contributed by atoms with E-state index < -0.39 is 0 Å². The van der Waals surface area contributed by atoms with Crippen LogP contribution in [0.15, 0.2) is 48.8 Å². The predicted molar refractivity (Wildman–Crippen MR) is 172 cm³/mol. The largest absolute Gasteiger partial charge is 0.375 e. The zero-order valence-electron chi connectivity index (χ0n) is 25.8. The maximum Gasteiger partial charge on any atom is 0.321 e. The molecule has 4 heterocycles. The first-order valence-corrected chi connectivity index (χ1v) is 15.8. The zero-order valence-corrected chi connectivity index (χ0v) is 25.8. The van der Waals surface area contributed by atoms with Crippen molar-refractivity contribution in [3.05, 3.63) is 54.5 Å². The molecule has 3 aliphatic heterocycles. The first kappa shape index (κ1) is 30.5. The first-order valence-electron chi connectivity index (χ1n) is 15.8. The number of piperidine rings is 1. The van der Waals surface area contributed by atoms with Gasteiger partial charge in [0, 0.05) is 87.8 Å². The number of anilines is 3. The Morgan fingerprint density at radius 3 is 2.14 bits per heavy atom. The van der Waals surface area contributed by atoms with Crippen molar-refractivity contribution in [2.45, 2.75) is 45.4 Å². The van der Waals surface area contributed by atoms with Gasteiger partial charge >= 0.3 is 6.03 Å². The van der Waals surface area contributed by atoms with Gasteiger partial charge in [0.05, 0.1) is 11.2 Å². The summed E-state index contributed by atoms with van der Waals surface area (Å²) in [5, 5.41) is 4.15. The van der Waals surface area contributed by atoms with Crippen molar-refractivity contribution in [1.82, 2.24) is 19.8 Å². The highest BCUT2D eigenvalue weighted by Crippen LogP contribution is 2.33. The quantitative estimate of drug-likeness (QED) is 0.436. The summed E-state index contributed by atoms with van der Waals surface area (Å²) in [7, 11) is 1.55. The number of ether oxygens (including phenoxy) is 1. The van der Waals surface area contributed by atoms with Gasteiger partial charge in [0.2, 0.25) is 5.91 Å². The Morgan fingerprint density at radius 1 is 0.814 bits per heavy atom. The number of rotatable bonds is 6. The fraction of sp³-hybridized carbons (Fsp3) is 0.515. The number of nitrogens with zero attached hydrogens (tertiary/aromatic N) is 6. The molecule has 3 fully saturated rings. The second kappa shape index (κ2) is 14.5. The average Bonchev–Trinajstić information content (AvgIpc) is 3.61. The van der Waals surface area contributed by atoms with Crippen LogP contribution in [0.2, 0.25) is 0 Å². The highest BCUT2D eigenvalue weighted by molar-refractivity contribution is 5.90. The molecule has 1 N–H and O–H groups in total. The molecule has 3 aliphatic rings. The second-order valence-corrected chi connectivity index (χ2v) is 11.2. The van der Waals surface area contributed by atoms with E-state index in [1.807, 2.05) is 35.8 Å². The van der Waals surface area contributed by atoms with E-state index >= 15 is 0 Å². The second-order valence-electron chi connectivity index (χ2n) is 11.2. The normalized spacial score (nSPS) is 17.6. The Balaban J connectivity index is 0.00000180. The zero-order chi connectivity index (χ0) is 30.2. The van der Waals surface area contributed by atoms with Crippen LogP contribution in [0.5, 0.6) is 0 Å².